The summed E-state index contributed by atoms with van der Waals surface area (Å²) in [6, 6.07) is 7.51. The Morgan fingerprint density at radius 1 is 1.37 bits per heavy atom. The molecule has 2 amide bonds. The number of piperidine rings is 1. The molecule has 27 heavy (non-hydrogen) atoms. The molecule has 1 N–H and O–H groups in total. The number of likely N-dealkylation sites (tertiary alicyclic amines) is 1. The van der Waals surface area contributed by atoms with E-state index in [2.05, 4.69) is 10.7 Å². The van der Waals surface area contributed by atoms with E-state index < -0.39 is 0 Å². The second-order valence-corrected chi connectivity index (χ2v) is 8.15. The fourth-order valence-corrected chi connectivity index (χ4v) is 4.50. The van der Waals surface area contributed by atoms with Gasteiger partial charge in [-0.1, -0.05) is 29.8 Å². The molecule has 1 aliphatic rings. The third-order valence-corrected chi connectivity index (χ3v) is 6.17. The zero-order valence-electron chi connectivity index (χ0n) is 15.4. The van der Waals surface area contributed by atoms with Crippen molar-refractivity contribution >= 4 is 34.8 Å². The topological polar surface area (TPSA) is 62.3 Å². The van der Waals surface area contributed by atoms with Crippen molar-refractivity contribution in [1.82, 2.24) is 15.2 Å². The number of amides is 2. The van der Waals surface area contributed by atoms with Gasteiger partial charge in [-0.15, -0.1) is 11.3 Å². The number of thiazole rings is 1. The lowest BCUT2D eigenvalue weighted by Crippen LogP contribution is -2.40. The first-order chi connectivity index (χ1) is 13.0. The molecule has 0 saturated carbocycles. The maximum atomic E-state index is 12.7. The largest absolute Gasteiger partial charge is 0.356 e. The summed E-state index contributed by atoms with van der Waals surface area (Å²) in [4.78, 5) is 30.4. The van der Waals surface area contributed by atoms with Crippen LogP contribution >= 0.6 is 22.9 Å². The summed E-state index contributed by atoms with van der Waals surface area (Å²) in [6.07, 6.45) is 3.11. The average Bonchev–Trinajstić information content (AvgIpc) is 3.12. The molecule has 2 aromatic rings. The van der Waals surface area contributed by atoms with E-state index in [9.17, 15) is 9.59 Å². The molecule has 0 bridgehead atoms. The molecule has 3 rings (SSSR count). The first-order valence-corrected chi connectivity index (χ1v) is 10.5. The van der Waals surface area contributed by atoms with Crippen molar-refractivity contribution in [3.8, 4) is 0 Å². The standard InChI is InChI=1S/C20H24ClN3O2S/c1-14(25)22-9-8-17-13-27-20(23-17)16-6-4-10-24(12-16)19(26)11-15-5-2-3-7-18(15)21/h2-3,5,7,13,16H,4,6,8-12H2,1H3,(H,22,25). The summed E-state index contributed by atoms with van der Waals surface area (Å²) in [5.74, 6) is 0.383. The predicted molar refractivity (Wildman–Crippen MR) is 108 cm³/mol. The van der Waals surface area contributed by atoms with Crippen molar-refractivity contribution < 1.29 is 9.59 Å². The molecule has 1 aromatic carbocycles. The molecule has 1 atom stereocenters. The van der Waals surface area contributed by atoms with Crippen LogP contribution in [0.1, 0.15) is 41.9 Å². The molecule has 0 spiro atoms. The molecule has 144 valence electrons. The molecule has 2 heterocycles. The Balaban J connectivity index is 1.57. The van der Waals surface area contributed by atoms with Crippen LogP contribution in [0.3, 0.4) is 0 Å². The lowest BCUT2D eigenvalue weighted by atomic mass is 9.98. The van der Waals surface area contributed by atoms with Crippen molar-refractivity contribution in [3.63, 3.8) is 0 Å². The second-order valence-electron chi connectivity index (χ2n) is 6.86. The highest BCUT2D eigenvalue weighted by atomic mass is 35.5. The summed E-state index contributed by atoms with van der Waals surface area (Å²) in [7, 11) is 0. The summed E-state index contributed by atoms with van der Waals surface area (Å²) in [6.45, 7) is 3.62. The van der Waals surface area contributed by atoms with E-state index in [1.807, 2.05) is 29.2 Å². The minimum Gasteiger partial charge on any atom is -0.356 e. The SMILES string of the molecule is CC(=O)NCCc1csc(C2CCCN(C(=O)Cc3ccccc3Cl)C2)n1. The molecule has 1 aromatic heterocycles. The van der Waals surface area contributed by atoms with Crippen molar-refractivity contribution in [3.05, 3.63) is 50.9 Å². The van der Waals surface area contributed by atoms with Crippen molar-refractivity contribution in [1.29, 1.82) is 0 Å². The van der Waals surface area contributed by atoms with Gasteiger partial charge in [0.1, 0.15) is 0 Å². The van der Waals surface area contributed by atoms with E-state index in [0.717, 1.165) is 42.1 Å². The maximum absolute atomic E-state index is 12.7. The maximum Gasteiger partial charge on any atom is 0.227 e. The molecular weight excluding hydrogens is 382 g/mol. The van der Waals surface area contributed by atoms with Gasteiger partial charge in [-0.3, -0.25) is 9.59 Å². The summed E-state index contributed by atoms with van der Waals surface area (Å²) < 4.78 is 0. The van der Waals surface area contributed by atoms with Crippen LogP contribution in [0.15, 0.2) is 29.6 Å². The van der Waals surface area contributed by atoms with E-state index in [-0.39, 0.29) is 17.7 Å². The van der Waals surface area contributed by atoms with Gasteiger partial charge < -0.3 is 10.2 Å². The summed E-state index contributed by atoms with van der Waals surface area (Å²) in [5, 5.41) is 6.58. The molecule has 1 aliphatic heterocycles. The van der Waals surface area contributed by atoms with Crippen molar-refractivity contribution in [2.75, 3.05) is 19.6 Å². The number of nitrogens with zero attached hydrogens (tertiary/aromatic N) is 2. The number of carbonyl (C=O) groups is 2. The first-order valence-electron chi connectivity index (χ1n) is 9.23. The number of halogens is 1. The number of hydrogen-bond donors (Lipinski definition) is 1. The quantitative estimate of drug-likeness (QED) is 0.800. The molecule has 7 heteroatoms. The van der Waals surface area contributed by atoms with Gasteiger partial charge in [0.15, 0.2) is 0 Å². The monoisotopic (exact) mass is 405 g/mol. The van der Waals surface area contributed by atoms with Crippen LogP contribution in [-0.2, 0) is 22.4 Å². The third-order valence-electron chi connectivity index (χ3n) is 4.75. The Hall–Kier alpha value is -1.92. The fourth-order valence-electron chi connectivity index (χ4n) is 3.31. The lowest BCUT2D eigenvalue weighted by molar-refractivity contribution is -0.131. The van der Waals surface area contributed by atoms with Crippen LogP contribution in [-0.4, -0.2) is 41.3 Å². The number of nitrogens with one attached hydrogen (secondary N) is 1. The van der Waals surface area contributed by atoms with Gasteiger partial charge in [0, 0.05) is 49.3 Å². The zero-order valence-corrected chi connectivity index (χ0v) is 17.0. The van der Waals surface area contributed by atoms with Crippen molar-refractivity contribution in [2.24, 2.45) is 0 Å². The molecule has 1 unspecified atom stereocenters. The average molecular weight is 406 g/mol. The highest BCUT2D eigenvalue weighted by Gasteiger charge is 2.27. The van der Waals surface area contributed by atoms with Gasteiger partial charge in [-0.25, -0.2) is 4.98 Å². The van der Waals surface area contributed by atoms with Crippen LogP contribution < -0.4 is 5.32 Å². The van der Waals surface area contributed by atoms with E-state index in [1.54, 1.807) is 11.3 Å². The van der Waals surface area contributed by atoms with Gasteiger partial charge in [0.25, 0.3) is 0 Å². The Morgan fingerprint density at radius 3 is 2.96 bits per heavy atom. The first kappa shape index (κ1) is 19.8. The molecular formula is C20H24ClN3O2S. The number of hydrogen-bond acceptors (Lipinski definition) is 4. The Morgan fingerprint density at radius 2 is 2.19 bits per heavy atom. The molecule has 1 fully saturated rings. The Labute approximate surface area is 168 Å². The Kier molecular flexibility index (Phi) is 6.85. The van der Waals surface area contributed by atoms with Gasteiger partial charge in [0.2, 0.25) is 11.8 Å². The van der Waals surface area contributed by atoms with E-state index in [4.69, 9.17) is 16.6 Å². The number of aromatic nitrogens is 1. The third kappa shape index (κ3) is 5.53. The smallest absolute Gasteiger partial charge is 0.227 e. The van der Waals surface area contributed by atoms with Gasteiger partial charge in [0.05, 0.1) is 17.1 Å². The van der Waals surface area contributed by atoms with Crippen molar-refractivity contribution in [2.45, 2.75) is 38.5 Å². The van der Waals surface area contributed by atoms with Crippen LogP contribution in [0.25, 0.3) is 0 Å². The van der Waals surface area contributed by atoms with Gasteiger partial charge in [-0.05, 0) is 24.5 Å². The minimum atomic E-state index is -0.0228. The normalized spacial score (nSPS) is 17.0. The summed E-state index contributed by atoms with van der Waals surface area (Å²) in [5.41, 5.74) is 1.88. The highest BCUT2D eigenvalue weighted by Crippen LogP contribution is 2.30. The minimum absolute atomic E-state index is 0.0228. The van der Waals surface area contributed by atoms with E-state index in [0.29, 0.717) is 24.5 Å². The lowest BCUT2D eigenvalue weighted by Gasteiger charge is -2.32. The number of carbonyl (C=O) groups excluding carboxylic acids is 2. The predicted octanol–water partition coefficient (Wildman–Crippen LogP) is 3.42. The summed E-state index contributed by atoms with van der Waals surface area (Å²) >= 11 is 7.84. The fraction of sp³-hybridized carbons (Fsp3) is 0.450. The van der Waals surface area contributed by atoms with E-state index >= 15 is 0 Å². The Bertz CT molecular complexity index is 808. The van der Waals surface area contributed by atoms with Gasteiger partial charge >= 0.3 is 0 Å². The molecule has 0 aliphatic carbocycles. The molecule has 1 saturated heterocycles. The molecule has 5 nitrogen and oxygen atoms in total. The van der Waals surface area contributed by atoms with Crippen LogP contribution in [0.5, 0.6) is 0 Å². The number of benzene rings is 1. The zero-order chi connectivity index (χ0) is 19.2. The second kappa shape index (κ2) is 9.33. The van der Waals surface area contributed by atoms with Gasteiger partial charge in [-0.2, -0.15) is 0 Å². The molecule has 0 radical (unpaired) electrons. The highest BCUT2D eigenvalue weighted by molar-refractivity contribution is 7.09. The van der Waals surface area contributed by atoms with Crippen LogP contribution in [0.4, 0.5) is 0 Å². The van der Waals surface area contributed by atoms with E-state index in [1.165, 1.54) is 6.92 Å². The van der Waals surface area contributed by atoms with Crippen LogP contribution in [0, 0.1) is 0 Å². The van der Waals surface area contributed by atoms with Crippen LogP contribution in [0.2, 0.25) is 5.02 Å². The number of rotatable bonds is 6.